The number of likely N-dealkylation sites (N-methyl/N-ethyl adjacent to an activating group) is 1. The Morgan fingerprint density at radius 1 is 1.44 bits per heavy atom. The molecule has 5 heteroatoms. The van der Waals surface area contributed by atoms with Gasteiger partial charge in [0.05, 0.1) is 26.8 Å². The van der Waals surface area contributed by atoms with Crippen LogP contribution in [0.2, 0.25) is 0 Å². The molecule has 0 radical (unpaired) electrons. The van der Waals surface area contributed by atoms with Gasteiger partial charge >= 0.3 is 0 Å². The molecule has 0 aromatic carbocycles. The van der Waals surface area contributed by atoms with E-state index in [1.54, 1.807) is 0 Å². The molecular weight excluding hydrogens is 226 g/mol. The molecule has 0 spiro atoms. The molecule has 1 fully saturated rings. The van der Waals surface area contributed by atoms with E-state index < -0.39 is 5.97 Å². The fourth-order valence-corrected chi connectivity index (χ4v) is 1.66. The summed E-state index contributed by atoms with van der Waals surface area (Å²) >= 11 is 1.51. The number of carbonyl (C=O) groups is 1. The number of thioether (sulfide) groups is 1. The van der Waals surface area contributed by atoms with Crippen molar-refractivity contribution in [3.8, 4) is 0 Å². The van der Waals surface area contributed by atoms with Gasteiger partial charge in [-0.05, 0) is 25.4 Å². The van der Waals surface area contributed by atoms with E-state index in [0.29, 0.717) is 5.75 Å². The number of carbonyl (C=O) groups excluding carboxylic acids is 1. The SMILES string of the molecule is CC[N+]1(C)CCOCC1.CSCCC(=O)[O-]. The van der Waals surface area contributed by atoms with Gasteiger partial charge in [0.1, 0.15) is 13.1 Å². The minimum absolute atomic E-state index is 0.168. The van der Waals surface area contributed by atoms with Crippen LogP contribution in [-0.4, -0.2) is 62.4 Å². The first-order chi connectivity index (χ1) is 7.54. The molecule has 0 amide bonds. The van der Waals surface area contributed by atoms with E-state index >= 15 is 0 Å². The molecule has 0 aliphatic carbocycles. The average Bonchev–Trinajstić information content (AvgIpc) is 2.28. The third-order valence-electron chi connectivity index (χ3n) is 2.82. The second-order valence-electron chi connectivity index (χ2n) is 4.11. The van der Waals surface area contributed by atoms with E-state index in [1.165, 1.54) is 35.9 Å². The first kappa shape index (κ1) is 15.7. The first-order valence-electron chi connectivity index (χ1n) is 5.64. The van der Waals surface area contributed by atoms with Gasteiger partial charge in [0, 0.05) is 5.97 Å². The predicted molar refractivity (Wildman–Crippen MR) is 65.3 cm³/mol. The van der Waals surface area contributed by atoms with Crippen LogP contribution in [0.3, 0.4) is 0 Å². The van der Waals surface area contributed by atoms with Gasteiger partial charge in [-0.25, -0.2) is 0 Å². The second-order valence-corrected chi connectivity index (χ2v) is 5.10. The Balaban J connectivity index is 0.000000293. The summed E-state index contributed by atoms with van der Waals surface area (Å²) in [5.74, 6) is -0.308. The van der Waals surface area contributed by atoms with Gasteiger partial charge in [0.25, 0.3) is 0 Å². The van der Waals surface area contributed by atoms with E-state index in [9.17, 15) is 9.90 Å². The molecule has 0 aromatic heterocycles. The highest BCUT2D eigenvalue weighted by Crippen LogP contribution is 2.05. The Labute approximate surface area is 103 Å². The molecule has 4 nitrogen and oxygen atoms in total. The average molecular weight is 249 g/mol. The molecule has 16 heavy (non-hydrogen) atoms. The number of morpholine rings is 1. The highest BCUT2D eigenvalue weighted by molar-refractivity contribution is 7.98. The van der Waals surface area contributed by atoms with Crippen molar-refractivity contribution < 1.29 is 19.1 Å². The van der Waals surface area contributed by atoms with E-state index in [4.69, 9.17) is 4.74 Å². The van der Waals surface area contributed by atoms with Crippen LogP contribution in [-0.2, 0) is 9.53 Å². The number of quaternary nitrogens is 1. The third-order valence-corrected chi connectivity index (χ3v) is 3.44. The number of carboxylic acids is 1. The van der Waals surface area contributed by atoms with E-state index in [1.807, 2.05) is 6.26 Å². The van der Waals surface area contributed by atoms with Crippen molar-refractivity contribution in [1.82, 2.24) is 0 Å². The van der Waals surface area contributed by atoms with Gasteiger partial charge < -0.3 is 19.1 Å². The van der Waals surface area contributed by atoms with Gasteiger partial charge in [-0.2, -0.15) is 11.8 Å². The van der Waals surface area contributed by atoms with Crippen LogP contribution in [0.4, 0.5) is 0 Å². The number of aliphatic carboxylic acids is 1. The summed E-state index contributed by atoms with van der Waals surface area (Å²) in [5.41, 5.74) is 0. The number of rotatable bonds is 4. The Bertz CT molecular complexity index is 194. The fraction of sp³-hybridized carbons (Fsp3) is 0.909. The summed E-state index contributed by atoms with van der Waals surface area (Å²) in [6.07, 6.45) is 2.03. The largest absolute Gasteiger partial charge is 0.550 e. The van der Waals surface area contributed by atoms with E-state index in [2.05, 4.69) is 14.0 Å². The zero-order valence-corrected chi connectivity index (χ0v) is 11.3. The summed E-state index contributed by atoms with van der Waals surface area (Å²) in [5, 5.41) is 9.63. The third kappa shape index (κ3) is 7.96. The zero-order chi connectivity index (χ0) is 12.4. The maximum absolute atomic E-state index is 9.63. The zero-order valence-electron chi connectivity index (χ0n) is 10.5. The van der Waals surface area contributed by atoms with Gasteiger partial charge in [0.2, 0.25) is 0 Å². The molecular formula is C11H23NO3S. The van der Waals surface area contributed by atoms with Crippen LogP contribution >= 0.6 is 11.8 Å². The molecule has 1 rings (SSSR count). The molecule has 1 saturated heterocycles. The van der Waals surface area contributed by atoms with Crippen molar-refractivity contribution in [3.63, 3.8) is 0 Å². The lowest BCUT2D eigenvalue weighted by Crippen LogP contribution is -2.51. The topological polar surface area (TPSA) is 49.4 Å². The first-order valence-corrected chi connectivity index (χ1v) is 7.03. The molecule has 0 bridgehead atoms. The molecule has 0 aromatic rings. The quantitative estimate of drug-likeness (QED) is 0.657. The summed E-state index contributed by atoms with van der Waals surface area (Å²) in [6.45, 7) is 7.76. The minimum Gasteiger partial charge on any atom is -0.550 e. The van der Waals surface area contributed by atoms with Crippen LogP contribution in [0.5, 0.6) is 0 Å². The number of hydrogen-bond donors (Lipinski definition) is 0. The van der Waals surface area contributed by atoms with Crippen LogP contribution < -0.4 is 5.11 Å². The van der Waals surface area contributed by atoms with E-state index in [0.717, 1.165) is 13.2 Å². The van der Waals surface area contributed by atoms with Crippen molar-refractivity contribution >= 4 is 17.7 Å². The molecule has 0 N–H and O–H groups in total. The maximum atomic E-state index is 9.63. The number of ether oxygens (including phenoxy) is 1. The summed E-state index contributed by atoms with van der Waals surface area (Å²) in [6, 6.07) is 0. The normalized spacial score (nSPS) is 18.4. The van der Waals surface area contributed by atoms with Gasteiger partial charge in [-0.15, -0.1) is 0 Å². The Morgan fingerprint density at radius 2 is 2.00 bits per heavy atom. The second kappa shape index (κ2) is 8.84. The standard InChI is InChI=1S/C7H16NO.C4H8O2S/c1-3-8(2)4-6-9-7-5-8;1-7-3-2-4(5)6/h3-7H2,1-2H3;2-3H2,1H3,(H,5,6)/q+1;/p-1. The molecule has 1 aliphatic heterocycles. The Morgan fingerprint density at radius 3 is 2.25 bits per heavy atom. The summed E-state index contributed by atoms with van der Waals surface area (Å²) in [7, 11) is 2.29. The minimum atomic E-state index is -0.964. The monoisotopic (exact) mass is 249 g/mol. The lowest BCUT2D eigenvalue weighted by molar-refractivity contribution is -0.915. The molecule has 0 saturated carbocycles. The van der Waals surface area contributed by atoms with Crippen molar-refractivity contribution in [2.45, 2.75) is 13.3 Å². The number of hydrogen-bond acceptors (Lipinski definition) is 4. The fourth-order valence-electron chi connectivity index (χ4n) is 1.29. The highest BCUT2D eigenvalue weighted by Gasteiger charge is 2.21. The molecule has 0 atom stereocenters. The predicted octanol–water partition coefficient (Wildman–Crippen LogP) is -0.0275. The van der Waals surface area contributed by atoms with Crippen LogP contribution in [0, 0.1) is 0 Å². The smallest absolute Gasteiger partial charge is 0.102 e. The Kier molecular flexibility index (Phi) is 8.70. The number of nitrogens with zero attached hydrogens (tertiary/aromatic N) is 1. The molecule has 96 valence electrons. The lowest BCUT2D eigenvalue weighted by atomic mass is 10.3. The molecule has 0 unspecified atom stereocenters. The van der Waals surface area contributed by atoms with Crippen molar-refractivity contribution in [2.24, 2.45) is 0 Å². The number of carboxylic acid groups (broad SMARTS) is 1. The van der Waals surface area contributed by atoms with Crippen molar-refractivity contribution in [2.75, 3.05) is 51.9 Å². The Hall–Kier alpha value is -0.260. The summed E-state index contributed by atoms with van der Waals surface area (Å²) in [4.78, 5) is 9.63. The van der Waals surface area contributed by atoms with Crippen LogP contribution in [0.25, 0.3) is 0 Å². The lowest BCUT2D eigenvalue weighted by Gasteiger charge is -2.36. The van der Waals surface area contributed by atoms with Gasteiger partial charge in [0.15, 0.2) is 0 Å². The highest BCUT2D eigenvalue weighted by atomic mass is 32.2. The van der Waals surface area contributed by atoms with Crippen molar-refractivity contribution in [3.05, 3.63) is 0 Å². The van der Waals surface area contributed by atoms with Gasteiger partial charge in [-0.1, -0.05) is 0 Å². The van der Waals surface area contributed by atoms with Gasteiger partial charge in [-0.3, -0.25) is 0 Å². The van der Waals surface area contributed by atoms with Crippen LogP contribution in [0.15, 0.2) is 0 Å². The van der Waals surface area contributed by atoms with Crippen molar-refractivity contribution in [1.29, 1.82) is 0 Å². The molecule has 1 aliphatic rings. The summed E-state index contributed by atoms with van der Waals surface area (Å²) < 4.78 is 6.45. The van der Waals surface area contributed by atoms with Crippen LogP contribution in [0.1, 0.15) is 13.3 Å². The molecule has 1 heterocycles. The van der Waals surface area contributed by atoms with E-state index in [-0.39, 0.29) is 6.42 Å². The maximum Gasteiger partial charge on any atom is 0.102 e.